The molecule has 8 nitrogen and oxygen atoms in total. The van der Waals surface area contributed by atoms with Gasteiger partial charge in [-0.2, -0.15) is 0 Å². The van der Waals surface area contributed by atoms with Gasteiger partial charge in [-0.15, -0.1) is 0 Å². The summed E-state index contributed by atoms with van der Waals surface area (Å²) in [5.41, 5.74) is 1.72. The third-order valence-corrected chi connectivity index (χ3v) is 6.11. The molecular formula is C25H27FN4O4. The van der Waals surface area contributed by atoms with Gasteiger partial charge >= 0.3 is 5.97 Å². The van der Waals surface area contributed by atoms with Gasteiger partial charge in [0, 0.05) is 56.4 Å². The van der Waals surface area contributed by atoms with E-state index in [-0.39, 0.29) is 10.9 Å². The van der Waals surface area contributed by atoms with Gasteiger partial charge in [-0.1, -0.05) is 35.5 Å². The lowest BCUT2D eigenvalue weighted by atomic mass is 10.1. The zero-order valence-corrected chi connectivity index (χ0v) is 19.2. The Balaban J connectivity index is 1.56. The number of carboxylic acid groups (broad SMARTS) is 1. The lowest BCUT2D eigenvalue weighted by Gasteiger charge is -2.36. The number of carboxylic acids is 1. The number of oxime groups is 1. The Bertz CT molecular complexity index is 1280. The van der Waals surface area contributed by atoms with E-state index in [1.807, 2.05) is 42.2 Å². The second-order valence-corrected chi connectivity index (χ2v) is 8.13. The van der Waals surface area contributed by atoms with Gasteiger partial charge in [0.2, 0.25) is 5.43 Å². The van der Waals surface area contributed by atoms with Crippen LogP contribution in [0.2, 0.25) is 0 Å². The number of hydrogen-bond acceptors (Lipinski definition) is 6. The molecule has 34 heavy (non-hydrogen) atoms. The summed E-state index contributed by atoms with van der Waals surface area (Å²) in [6.45, 7) is 5.51. The van der Waals surface area contributed by atoms with Crippen LogP contribution in [0, 0.1) is 5.82 Å². The predicted molar refractivity (Wildman–Crippen MR) is 129 cm³/mol. The number of aryl methyl sites for hydroxylation is 1. The summed E-state index contributed by atoms with van der Waals surface area (Å²) in [4.78, 5) is 33.3. The molecule has 1 fully saturated rings. The highest BCUT2D eigenvalue weighted by molar-refractivity contribution is 6.01. The maximum absolute atomic E-state index is 15.1. The summed E-state index contributed by atoms with van der Waals surface area (Å²) >= 11 is 0. The van der Waals surface area contributed by atoms with Crippen LogP contribution in [-0.2, 0) is 11.4 Å². The molecule has 0 amide bonds. The Morgan fingerprint density at radius 1 is 1.15 bits per heavy atom. The minimum absolute atomic E-state index is 0.0740. The number of fused-ring (bicyclic) bond motifs is 1. The number of carbonyl (C=O) groups is 1. The first-order valence-corrected chi connectivity index (χ1v) is 11.2. The van der Waals surface area contributed by atoms with Crippen molar-refractivity contribution in [3.05, 3.63) is 75.8 Å². The van der Waals surface area contributed by atoms with Gasteiger partial charge in [-0.25, -0.2) is 9.18 Å². The quantitative estimate of drug-likeness (QED) is 0.426. The average molecular weight is 467 g/mol. The van der Waals surface area contributed by atoms with Crippen LogP contribution in [-0.4, -0.2) is 66.1 Å². The molecule has 1 aliphatic heterocycles. The molecule has 0 radical (unpaired) electrons. The fourth-order valence-electron chi connectivity index (χ4n) is 4.33. The van der Waals surface area contributed by atoms with E-state index >= 15 is 4.39 Å². The minimum Gasteiger partial charge on any atom is -0.477 e. The number of aromatic carboxylic acids is 1. The number of aromatic nitrogens is 1. The number of piperazine rings is 1. The standard InChI is InChI=1S/C25H27FN4O4/c1-3-29-15-19(25(32)33)24(31)18-13-20(26)23(14-22(18)29)30-11-9-28(10-12-30)16-21(27-34-2)17-7-5-4-6-8-17/h4-8,13-15H,3,9-12,16H2,1-2H3,(H,32,33)/b27-21+. The molecule has 0 saturated carbocycles. The first kappa shape index (κ1) is 23.4. The van der Waals surface area contributed by atoms with E-state index in [4.69, 9.17) is 4.84 Å². The number of halogens is 1. The lowest BCUT2D eigenvalue weighted by molar-refractivity contribution is 0.0695. The minimum atomic E-state index is -1.32. The fourth-order valence-corrected chi connectivity index (χ4v) is 4.33. The maximum Gasteiger partial charge on any atom is 0.341 e. The van der Waals surface area contributed by atoms with Gasteiger partial charge in [-0.3, -0.25) is 9.69 Å². The van der Waals surface area contributed by atoms with Crippen molar-refractivity contribution in [2.45, 2.75) is 13.5 Å². The molecule has 9 heteroatoms. The van der Waals surface area contributed by atoms with Gasteiger partial charge in [0.25, 0.3) is 0 Å². The van der Waals surface area contributed by atoms with E-state index in [0.717, 1.165) is 17.3 Å². The molecule has 178 valence electrons. The van der Waals surface area contributed by atoms with Crippen LogP contribution in [0.25, 0.3) is 10.9 Å². The molecule has 1 aromatic heterocycles. The molecule has 3 aromatic rings. The van der Waals surface area contributed by atoms with Crippen LogP contribution in [0.1, 0.15) is 22.8 Å². The topological polar surface area (TPSA) is 87.4 Å². The highest BCUT2D eigenvalue weighted by atomic mass is 19.1. The Morgan fingerprint density at radius 3 is 2.47 bits per heavy atom. The molecule has 2 aromatic carbocycles. The molecule has 1 N–H and O–H groups in total. The fraction of sp³-hybridized carbons (Fsp3) is 0.320. The molecule has 0 unspecified atom stereocenters. The molecule has 0 aliphatic carbocycles. The smallest absolute Gasteiger partial charge is 0.341 e. The molecule has 1 saturated heterocycles. The zero-order valence-electron chi connectivity index (χ0n) is 19.2. The molecule has 4 rings (SSSR count). The Kier molecular flexibility index (Phi) is 6.93. The first-order chi connectivity index (χ1) is 16.4. The largest absolute Gasteiger partial charge is 0.477 e. The maximum atomic E-state index is 15.1. The van der Waals surface area contributed by atoms with Crippen LogP contribution in [0.5, 0.6) is 0 Å². The second-order valence-electron chi connectivity index (χ2n) is 8.13. The summed E-state index contributed by atoms with van der Waals surface area (Å²) in [6, 6.07) is 12.6. The second kappa shape index (κ2) is 10.0. The van der Waals surface area contributed by atoms with Crippen LogP contribution in [0.3, 0.4) is 0 Å². The summed E-state index contributed by atoms with van der Waals surface area (Å²) < 4.78 is 16.8. The van der Waals surface area contributed by atoms with Crippen molar-refractivity contribution in [1.29, 1.82) is 0 Å². The van der Waals surface area contributed by atoms with E-state index in [9.17, 15) is 14.7 Å². The van der Waals surface area contributed by atoms with E-state index in [0.29, 0.717) is 50.5 Å². The number of pyridine rings is 1. The number of anilines is 1. The number of rotatable bonds is 7. The summed E-state index contributed by atoms with van der Waals surface area (Å²) in [5, 5.41) is 13.6. The van der Waals surface area contributed by atoms with Crippen molar-refractivity contribution in [3.8, 4) is 0 Å². The van der Waals surface area contributed by atoms with Crippen molar-refractivity contribution in [2.75, 3.05) is 44.7 Å². The van der Waals surface area contributed by atoms with Crippen molar-refractivity contribution in [3.63, 3.8) is 0 Å². The van der Waals surface area contributed by atoms with Crippen molar-refractivity contribution < 1.29 is 19.1 Å². The Morgan fingerprint density at radius 2 is 1.85 bits per heavy atom. The van der Waals surface area contributed by atoms with Gasteiger partial charge in [-0.05, 0) is 19.1 Å². The Hall–Kier alpha value is -3.72. The molecule has 1 aliphatic rings. The third kappa shape index (κ3) is 4.65. The summed E-state index contributed by atoms with van der Waals surface area (Å²) in [7, 11) is 1.53. The molecule has 2 heterocycles. The van der Waals surface area contributed by atoms with Crippen molar-refractivity contribution in [2.24, 2.45) is 5.16 Å². The first-order valence-electron chi connectivity index (χ1n) is 11.2. The Labute approximate surface area is 196 Å². The number of nitrogens with zero attached hydrogens (tertiary/aromatic N) is 4. The van der Waals surface area contributed by atoms with Gasteiger partial charge in [0.15, 0.2) is 0 Å². The van der Waals surface area contributed by atoms with Crippen LogP contribution in [0.4, 0.5) is 10.1 Å². The molecule has 0 spiro atoms. The summed E-state index contributed by atoms with van der Waals surface area (Å²) in [6.07, 6.45) is 1.33. The number of hydrogen-bond donors (Lipinski definition) is 1. The molecular weight excluding hydrogens is 439 g/mol. The molecule has 0 bridgehead atoms. The van der Waals surface area contributed by atoms with E-state index in [2.05, 4.69) is 10.1 Å². The monoisotopic (exact) mass is 466 g/mol. The lowest BCUT2D eigenvalue weighted by Crippen LogP contribution is -2.48. The van der Waals surface area contributed by atoms with Crippen LogP contribution >= 0.6 is 0 Å². The van der Waals surface area contributed by atoms with E-state index < -0.39 is 17.2 Å². The van der Waals surface area contributed by atoms with Gasteiger partial charge < -0.3 is 19.4 Å². The molecule has 0 atom stereocenters. The normalized spacial score (nSPS) is 15.0. The SMILES string of the molecule is CCn1cc(C(=O)O)c(=O)c2cc(F)c(N3CCN(C/C(=N\OC)c4ccccc4)CC3)cc21. The predicted octanol–water partition coefficient (Wildman–Crippen LogP) is 3.03. The third-order valence-electron chi connectivity index (χ3n) is 6.11. The summed E-state index contributed by atoms with van der Waals surface area (Å²) in [5.74, 6) is -1.85. The zero-order chi connectivity index (χ0) is 24.2. The van der Waals surface area contributed by atoms with Crippen LogP contribution < -0.4 is 10.3 Å². The van der Waals surface area contributed by atoms with Crippen molar-refractivity contribution >= 4 is 28.3 Å². The highest BCUT2D eigenvalue weighted by Crippen LogP contribution is 2.26. The van der Waals surface area contributed by atoms with Gasteiger partial charge in [0.05, 0.1) is 11.2 Å². The van der Waals surface area contributed by atoms with E-state index in [1.165, 1.54) is 13.3 Å². The average Bonchev–Trinajstić information content (AvgIpc) is 2.85. The van der Waals surface area contributed by atoms with E-state index in [1.54, 1.807) is 10.6 Å². The van der Waals surface area contributed by atoms with Crippen LogP contribution in [0.15, 0.2) is 58.6 Å². The van der Waals surface area contributed by atoms with Crippen molar-refractivity contribution in [1.82, 2.24) is 9.47 Å². The van der Waals surface area contributed by atoms with Gasteiger partial charge in [0.1, 0.15) is 24.2 Å². The highest BCUT2D eigenvalue weighted by Gasteiger charge is 2.23. The number of benzene rings is 2.